The maximum atomic E-state index is 13.1. The number of piperidine rings is 1. The number of carbonyl (C=O) groups excluding carboxylic acids is 1. The van der Waals surface area contributed by atoms with E-state index in [0.717, 1.165) is 44.6 Å². The quantitative estimate of drug-likeness (QED) is 0.761. The second kappa shape index (κ2) is 7.47. The van der Waals surface area contributed by atoms with Crippen LogP contribution in [-0.2, 0) is 0 Å². The van der Waals surface area contributed by atoms with Gasteiger partial charge in [0.05, 0.1) is 11.7 Å². The van der Waals surface area contributed by atoms with Crippen molar-refractivity contribution >= 4 is 5.91 Å². The monoisotopic (exact) mass is 355 g/mol. The van der Waals surface area contributed by atoms with Gasteiger partial charge in [0.1, 0.15) is 5.69 Å². The molecular formula is C19H25N5O2. The standard InChI is InChI=1S/C19H25N5O2/c25-18(23-11-9-20-10-12-23)16-17(14-5-2-1-3-6-14)24(19(26)22-16)15-7-4-8-21-13-15/h1-3,5-6,15,20-21H,4,7-13H2,(H,22,26). The van der Waals surface area contributed by atoms with Crippen molar-refractivity contribution in [3.63, 3.8) is 0 Å². The van der Waals surface area contributed by atoms with Crippen LogP contribution in [0.15, 0.2) is 35.1 Å². The van der Waals surface area contributed by atoms with Crippen LogP contribution in [0.3, 0.4) is 0 Å². The molecule has 1 aromatic heterocycles. The molecule has 3 N–H and O–H groups in total. The molecule has 2 aliphatic rings. The van der Waals surface area contributed by atoms with Gasteiger partial charge in [-0.05, 0) is 19.4 Å². The molecule has 2 saturated heterocycles. The van der Waals surface area contributed by atoms with Crippen molar-refractivity contribution in [1.29, 1.82) is 0 Å². The van der Waals surface area contributed by atoms with E-state index in [1.165, 1.54) is 0 Å². The maximum absolute atomic E-state index is 13.1. The molecule has 138 valence electrons. The zero-order valence-corrected chi connectivity index (χ0v) is 14.8. The largest absolute Gasteiger partial charge is 0.335 e. The van der Waals surface area contributed by atoms with E-state index in [9.17, 15) is 9.59 Å². The minimum absolute atomic E-state index is 0.0623. The van der Waals surface area contributed by atoms with Gasteiger partial charge in [-0.15, -0.1) is 0 Å². The van der Waals surface area contributed by atoms with Crippen LogP contribution < -0.4 is 16.3 Å². The lowest BCUT2D eigenvalue weighted by Crippen LogP contribution is -2.46. The van der Waals surface area contributed by atoms with Crippen LogP contribution in [0.4, 0.5) is 0 Å². The van der Waals surface area contributed by atoms with Crippen LogP contribution in [-0.4, -0.2) is 59.6 Å². The van der Waals surface area contributed by atoms with Gasteiger partial charge >= 0.3 is 5.69 Å². The molecule has 3 heterocycles. The van der Waals surface area contributed by atoms with Gasteiger partial charge in [-0.2, -0.15) is 0 Å². The molecule has 1 atom stereocenters. The highest BCUT2D eigenvalue weighted by molar-refractivity contribution is 5.98. The molecule has 1 aromatic carbocycles. The SMILES string of the molecule is O=C(c1[nH]c(=O)n(C2CCCNC2)c1-c1ccccc1)N1CCNCC1. The van der Waals surface area contributed by atoms with E-state index in [1.807, 2.05) is 35.2 Å². The van der Waals surface area contributed by atoms with Crippen molar-refractivity contribution < 1.29 is 4.79 Å². The fraction of sp³-hybridized carbons (Fsp3) is 0.474. The first-order valence-electron chi connectivity index (χ1n) is 9.36. The second-order valence-corrected chi connectivity index (χ2v) is 6.93. The molecule has 1 unspecified atom stereocenters. The Balaban J connectivity index is 1.80. The van der Waals surface area contributed by atoms with E-state index in [0.29, 0.717) is 24.5 Å². The highest BCUT2D eigenvalue weighted by Gasteiger charge is 2.29. The second-order valence-electron chi connectivity index (χ2n) is 6.93. The lowest BCUT2D eigenvalue weighted by molar-refractivity contribution is 0.0731. The van der Waals surface area contributed by atoms with E-state index < -0.39 is 0 Å². The highest BCUT2D eigenvalue weighted by Crippen LogP contribution is 2.28. The third kappa shape index (κ3) is 3.20. The van der Waals surface area contributed by atoms with Gasteiger partial charge in [0.2, 0.25) is 0 Å². The molecule has 0 bridgehead atoms. The molecule has 4 rings (SSSR count). The molecule has 0 aliphatic carbocycles. The van der Waals surface area contributed by atoms with Crippen LogP contribution in [0.1, 0.15) is 29.4 Å². The number of nitrogens with zero attached hydrogens (tertiary/aromatic N) is 2. The third-order valence-corrected chi connectivity index (χ3v) is 5.23. The first kappa shape index (κ1) is 17.1. The minimum atomic E-state index is -0.198. The fourth-order valence-electron chi connectivity index (χ4n) is 3.91. The number of aromatic amines is 1. The summed E-state index contributed by atoms with van der Waals surface area (Å²) in [6.45, 7) is 4.60. The molecule has 2 aliphatic heterocycles. The third-order valence-electron chi connectivity index (χ3n) is 5.23. The number of amides is 1. The van der Waals surface area contributed by atoms with Gasteiger partial charge in [-0.3, -0.25) is 9.36 Å². The Morgan fingerprint density at radius 3 is 2.50 bits per heavy atom. The van der Waals surface area contributed by atoms with Crippen LogP contribution >= 0.6 is 0 Å². The van der Waals surface area contributed by atoms with E-state index >= 15 is 0 Å². The van der Waals surface area contributed by atoms with Crippen LogP contribution in [0.2, 0.25) is 0 Å². The van der Waals surface area contributed by atoms with Gasteiger partial charge < -0.3 is 20.5 Å². The van der Waals surface area contributed by atoms with Gasteiger partial charge in [-0.1, -0.05) is 30.3 Å². The first-order valence-corrected chi connectivity index (χ1v) is 9.36. The average Bonchev–Trinajstić information content (AvgIpc) is 3.06. The predicted octanol–water partition coefficient (Wildman–Crippen LogP) is 0.813. The summed E-state index contributed by atoms with van der Waals surface area (Å²) in [5.41, 5.74) is 1.83. The van der Waals surface area contributed by atoms with Crippen molar-refractivity contribution in [3.05, 3.63) is 46.5 Å². The minimum Gasteiger partial charge on any atom is -0.335 e. The number of imidazole rings is 1. The Labute approximate surface area is 152 Å². The predicted molar refractivity (Wildman–Crippen MR) is 100 cm³/mol. The topological polar surface area (TPSA) is 82.2 Å². The van der Waals surface area contributed by atoms with Gasteiger partial charge in [-0.25, -0.2) is 4.79 Å². The number of aromatic nitrogens is 2. The van der Waals surface area contributed by atoms with Crippen LogP contribution in [0.5, 0.6) is 0 Å². The van der Waals surface area contributed by atoms with Crippen LogP contribution in [0, 0.1) is 0 Å². The molecule has 0 saturated carbocycles. The van der Waals surface area contributed by atoms with Gasteiger partial charge in [0.25, 0.3) is 5.91 Å². The van der Waals surface area contributed by atoms with E-state index in [-0.39, 0.29) is 17.6 Å². The zero-order valence-electron chi connectivity index (χ0n) is 14.8. The summed E-state index contributed by atoms with van der Waals surface area (Å²) in [4.78, 5) is 30.6. The molecule has 0 radical (unpaired) electrons. The molecule has 2 aromatic rings. The average molecular weight is 355 g/mol. The van der Waals surface area contributed by atoms with E-state index in [1.54, 1.807) is 4.57 Å². The summed E-state index contributed by atoms with van der Waals surface area (Å²) in [5, 5.41) is 6.62. The summed E-state index contributed by atoms with van der Waals surface area (Å²) in [7, 11) is 0. The van der Waals surface area contributed by atoms with Gasteiger partial charge in [0, 0.05) is 38.3 Å². The van der Waals surface area contributed by atoms with Crippen molar-refractivity contribution in [3.8, 4) is 11.3 Å². The summed E-state index contributed by atoms with van der Waals surface area (Å²) in [6, 6.07) is 9.81. The van der Waals surface area contributed by atoms with E-state index in [2.05, 4.69) is 15.6 Å². The number of hydrogen-bond acceptors (Lipinski definition) is 4. The number of H-pyrrole nitrogens is 1. The number of nitrogens with one attached hydrogen (secondary N) is 3. The first-order chi connectivity index (χ1) is 12.8. The molecule has 0 spiro atoms. The van der Waals surface area contributed by atoms with E-state index in [4.69, 9.17) is 0 Å². The lowest BCUT2D eigenvalue weighted by Gasteiger charge is -2.28. The Hall–Kier alpha value is -2.38. The van der Waals surface area contributed by atoms with Crippen molar-refractivity contribution in [2.24, 2.45) is 0 Å². The summed E-state index contributed by atoms with van der Waals surface area (Å²) in [5.74, 6) is -0.0926. The molecule has 1 amide bonds. The summed E-state index contributed by atoms with van der Waals surface area (Å²) >= 11 is 0. The number of piperazine rings is 1. The Morgan fingerprint density at radius 1 is 1.04 bits per heavy atom. The molecule has 7 heteroatoms. The highest BCUT2D eigenvalue weighted by atomic mass is 16.2. The molecule has 7 nitrogen and oxygen atoms in total. The van der Waals surface area contributed by atoms with Crippen molar-refractivity contribution in [1.82, 2.24) is 25.1 Å². The van der Waals surface area contributed by atoms with Gasteiger partial charge in [0.15, 0.2) is 0 Å². The number of carbonyl (C=O) groups is 1. The number of hydrogen-bond donors (Lipinski definition) is 3. The molecular weight excluding hydrogens is 330 g/mol. The van der Waals surface area contributed by atoms with Crippen molar-refractivity contribution in [2.75, 3.05) is 39.3 Å². The van der Waals surface area contributed by atoms with Crippen molar-refractivity contribution in [2.45, 2.75) is 18.9 Å². The Bertz CT molecular complexity index is 814. The zero-order chi connectivity index (χ0) is 17.9. The number of benzene rings is 1. The maximum Gasteiger partial charge on any atom is 0.326 e. The Morgan fingerprint density at radius 2 is 1.81 bits per heavy atom. The summed E-state index contributed by atoms with van der Waals surface area (Å²) in [6.07, 6.45) is 1.96. The van der Waals surface area contributed by atoms with Crippen LogP contribution in [0.25, 0.3) is 11.3 Å². The Kier molecular flexibility index (Phi) is 4.90. The molecule has 26 heavy (non-hydrogen) atoms. The summed E-state index contributed by atoms with van der Waals surface area (Å²) < 4.78 is 1.79. The number of rotatable bonds is 3. The fourth-order valence-corrected chi connectivity index (χ4v) is 3.91. The normalized spacial score (nSPS) is 20.9. The smallest absolute Gasteiger partial charge is 0.326 e. The molecule has 2 fully saturated rings. The lowest BCUT2D eigenvalue weighted by atomic mass is 10.0.